The Morgan fingerprint density at radius 2 is 1.82 bits per heavy atom. The summed E-state index contributed by atoms with van der Waals surface area (Å²) in [5.74, 6) is -5.81. The lowest BCUT2D eigenvalue weighted by Gasteiger charge is -2.35. The largest absolute Gasteiger partial charge is 0.481 e. The van der Waals surface area contributed by atoms with E-state index >= 15 is 0 Å². The first-order valence-corrected chi connectivity index (χ1v) is 11.8. The highest BCUT2D eigenvalue weighted by Gasteiger charge is 2.43. The number of benzene rings is 2. The number of anilines is 1. The van der Waals surface area contributed by atoms with Crippen LogP contribution >= 0.6 is 0 Å². The molecule has 2 N–H and O–H groups in total. The van der Waals surface area contributed by atoms with Gasteiger partial charge in [0.25, 0.3) is 0 Å². The number of nitrogens with one attached hydrogen (secondary N) is 1. The van der Waals surface area contributed by atoms with Crippen LogP contribution in [-0.4, -0.2) is 27.2 Å². The van der Waals surface area contributed by atoms with Gasteiger partial charge in [0.15, 0.2) is 5.58 Å². The molecule has 2 aromatic carbocycles. The van der Waals surface area contributed by atoms with Crippen LogP contribution in [0.3, 0.4) is 0 Å². The number of carboxylic acids is 1. The van der Waals surface area contributed by atoms with Crippen molar-refractivity contribution in [3.63, 3.8) is 0 Å². The van der Waals surface area contributed by atoms with Gasteiger partial charge in [-0.3, -0.25) is 9.59 Å². The minimum Gasteiger partial charge on any atom is -0.481 e. The van der Waals surface area contributed by atoms with Crippen LogP contribution < -0.4 is 5.32 Å². The predicted molar refractivity (Wildman–Crippen MR) is 128 cm³/mol. The SMILES string of the molecule is O=C(O)[C@@H]1[C@@H](c2ccc(-c3nncc4ccoc34)cc2)CCC[C@H]1C(=O)Nc1ccc(C(F)(F)F)cc1F. The Hall–Kier alpha value is -4.28. The summed E-state index contributed by atoms with van der Waals surface area (Å²) in [6.07, 6.45) is -0.314. The average molecular weight is 527 g/mol. The molecule has 196 valence electrons. The maximum absolute atomic E-state index is 14.3. The summed E-state index contributed by atoms with van der Waals surface area (Å²) in [5.41, 5.74) is 0.906. The molecule has 2 heterocycles. The van der Waals surface area contributed by atoms with Gasteiger partial charge in [-0.1, -0.05) is 30.7 Å². The zero-order chi connectivity index (χ0) is 27.0. The Bertz CT molecular complexity index is 1500. The van der Waals surface area contributed by atoms with E-state index in [0.717, 1.165) is 17.0 Å². The van der Waals surface area contributed by atoms with Crippen molar-refractivity contribution in [1.29, 1.82) is 0 Å². The number of carboxylic acid groups (broad SMARTS) is 1. The van der Waals surface area contributed by atoms with Gasteiger partial charge in [-0.2, -0.15) is 18.3 Å². The standard InChI is InChI=1S/C27H21F4N3O4/c28-20-12-17(27(29,30)31)8-9-21(20)33-25(35)19-3-1-2-18(22(19)26(36)37)14-4-6-15(7-5-14)23-24-16(10-11-38-24)13-32-34-23/h4-13,18-19,22H,1-3H2,(H,33,35)(H,36,37)/t18-,19-,22-/m1/s1. The summed E-state index contributed by atoms with van der Waals surface area (Å²) in [5, 5.41) is 21.3. The molecule has 0 unspecified atom stereocenters. The summed E-state index contributed by atoms with van der Waals surface area (Å²) in [6.45, 7) is 0. The van der Waals surface area contributed by atoms with Gasteiger partial charge in [0.2, 0.25) is 5.91 Å². The van der Waals surface area contributed by atoms with Crippen LogP contribution in [-0.2, 0) is 15.8 Å². The van der Waals surface area contributed by atoms with Crippen LogP contribution in [0.4, 0.5) is 23.2 Å². The van der Waals surface area contributed by atoms with E-state index in [-0.39, 0.29) is 6.42 Å². The average Bonchev–Trinajstić information content (AvgIpc) is 3.38. The van der Waals surface area contributed by atoms with Crippen LogP contribution in [0.1, 0.15) is 36.3 Å². The monoisotopic (exact) mass is 527 g/mol. The number of carbonyl (C=O) groups excluding carboxylic acids is 1. The summed E-state index contributed by atoms with van der Waals surface area (Å²) in [7, 11) is 0. The van der Waals surface area contributed by atoms with Crippen molar-refractivity contribution in [3.8, 4) is 11.3 Å². The Balaban J connectivity index is 1.38. The van der Waals surface area contributed by atoms with Crippen LogP contribution in [0.5, 0.6) is 0 Å². The lowest BCUT2D eigenvalue weighted by atomic mass is 9.69. The smallest absolute Gasteiger partial charge is 0.416 e. The topological polar surface area (TPSA) is 105 Å². The molecule has 2 aromatic heterocycles. The van der Waals surface area contributed by atoms with Crippen molar-refractivity contribution < 1.29 is 36.7 Å². The van der Waals surface area contributed by atoms with Crippen molar-refractivity contribution in [2.45, 2.75) is 31.4 Å². The summed E-state index contributed by atoms with van der Waals surface area (Å²) < 4.78 is 58.4. The molecule has 1 aliphatic rings. The first-order chi connectivity index (χ1) is 18.1. The van der Waals surface area contributed by atoms with Crippen LogP contribution in [0.2, 0.25) is 0 Å². The van der Waals surface area contributed by atoms with Gasteiger partial charge >= 0.3 is 12.1 Å². The predicted octanol–water partition coefficient (Wildman–Crippen LogP) is 6.27. The molecule has 0 spiro atoms. The van der Waals surface area contributed by atoms with E-state index in [9.17, 15) is 32.3 Å². The summed E-state index contributed by atoms with van der Waals surface area (Å²) in [6, 6.07) is 10.7. The van der Waals surface area contributed by atoms with E-state index < -0.39 is 52.9 Å². The number of hydrogen-bond donors (Lipinski definition) is 2. The fourth-order valence-corrected chi connectivity index (χ4v) is 5.11. The van der Waals surface area contributed by atoms with Crippen molar-refractivity contribution in [1.82, 2.24) is 10.2 Å². The van der Waals surface area contributed by atoms with Crippen LogP contribution in [0, 0.1) is 17.7 Å². The number of aromatic nitrogens is 2. The number of halogens is 4. The van der Waals surface area contributed by atoms with Gasteiger partial charge in [0, 0.05) is 10.9 Å². The molecule has 0 bridgehead atoms. The van der Waals surface area contributed by atoms with E-state index in [1.807, 2.05) is 0 Å². The zero-order valence-corrected chi connectivity index (χ0v) is 19.7. The molecule has 1 fully saturated rings. The number of alkyl halides is 3. The van der Waals surface area contributed by atoms with E-state index in [4.69, 9.17) is 4.42 Å². The molecule has 38 heavy (non-hydrogen) atoms. The number of nitrogens with zero attached hydrogens (tertiary/aromatic N) is 2. The van der Waals surface area contributed by atoms with Gasteiger partial charge in [0.05, 0.1) is 35.5 Å². The molecule has 7 nitrogen and oxygen atoms in total. The fourth-order valence-electron chi connectivity index (χ4n) is 5.11. The first-order valence-electron chi connectivity index (χ1n) is 11.8. The van der Waals surface area contributed by atoms with Gasteiger partial charge in [0.1, 0.15) is 11.5 Å². The highest BCUT2D eigenvalue weighted by molar-refractivity contribution is 5.95. The van der Waals surface area contributed by atoms with E-state index in [1.165, 1.54) is 6.26 Å². The molecule has 1 aliphatic carbocycles. The van der Waals surface area contributed by atoms with Gasteiger partial charge in [-0.15, -0.1) is 5.10 Å². The quantitative estimate of drug-likeness (QED) is 0.297. The van der Waals surface area contributed by atoms with Gasteiger partial charge in [-0.25, -0.2) is 4.39 Å². The molecule has 0 aliphatic heterocycles. The summed E-state index contributed by atoms with van der Waals surface area (Å²) in [4.78, 5) is 25.4. The van der Waals surface area contributed by atoms with Crippen LogP contribution in [0.15, 0.2) is 65.4 Å². The van der Waals surface area contributed by atoms with Crippen molar-refractivity contribution in [2.75, 3.05) is 5.32 Å². The molecule has 4 aromatic rings. The lowest BCUT2D eigenvalue weighted by Crippen LogP contribution is -2.40. The summed E-state index contributed by atoms with van der Waals surface area (Å²) >= 11 is 0. The number of amides is 1. The highest BCUT2D eigenvalue weighted by Crippen LogP contribution is 2.43. The third-order valence-corrected chi connectivity index (χ3v) is 6.95. The second-order valence-electron chi connectivity index (χ2n) is 9.21. The third-order valence-electron chi connectivity index (χ3n) is 6.95. The Kier molecular flexibility index (Phi) is 6.60. The van der Waals surface area contributed by atoms with Crippen LogP contribution in [0.25, 0.3) is 22.2 Å². The molecule has 1 amide bonds. The number of carbonyl (C=O) groups is 2. The maximum atomic E-state index is 14.3. The minimum atomic E-state index is -4.74. The first kappa shape index (κ1) is 25.4. The Labute approximate surface area is 213 Å². The highest BCUT2D eigenvalue weighted by atomic mass is 19.4. The number of aliphatic carboxylic acids is 1. The van der Waals surface area contributed by atoms with Crippen molar-refractivity contribution in [3.05, 3.63) is 77.9 Å². The number of fused-ring (bicyclic) bond motifs is 1. The van der Waals surface area contributed by atoms with Gasteiger partial charge < -0.3 is 14.8 Å². The van der Waals surface area contributed by atoms with E-state index in [0.29, 0.717) is 41.8 Å². The molecule has 0 saturated heterocycles. The zero-order valence-electron chi connectivity index (χ0n) is 19.7. The molecule has 11 heteroatoms. The second kappa shape index (κ2) is 9.88. The van der Waals surface area contributed by atoms with E-state index in [2.05, 4.69) is 15.5 Å². The minimum absolute atomic E-state index is 0.246. The molecular formula is C27H21F4N3O4. The third kappa shape index (κ3) is 4.83. The Morgan fingerprint density at radius 3 is 2.50 bits per heavy atom. The van der Waals surface area contributed by atoms with Gasteiger partial charge in [-0.05, 0) is 48.6 Å². The fraction of sp³-hybridized carbons (Fsp3) is 0.259. The molecule has 5 rings (SSSR count). The molecule has 0 radical (unpaired) electrons. The molecular weight excluding hydrogens is 506 g/mol. The maximum Gasteiger partial charge on any atom is 0.416 e. The normalized spacial score (nSPS) is 19.8. The lowest BCUT2D eigenvalue weighted by molar-refractivity contribution is -0.148. The molecule has 1 saturated carbocycles. The number of hydrogen-bond acceptors (Lipinski definition) is 5. The number of rotatable bonds is 5. The second-order valence-corrected chi connectivity index (χ2v) is 9.21. The Morgan fingerprint density at radius 1 is 1.05 bits per heavy atom. The molecule has 3 atom stereocenters. The van der Waals surface area contributed by atoms with Crippen molar-refractivity contribution >= 4 is 28.5 Å². The van der Waals surface area contributed by atoms with E-state index in [1.54, 1.807) is 36.5 Å². The van der Waals surface area contributed by atoms with Crippen molar-refractivity contribution in [2.24, 2.45) is 11.8 Å². The number of furan rings is 1.